The van der Waals surface area contributed by atoms with E-state index in [1.165, 1.54) is 18.2 Å². The number of nitrogens with zero attached hydrogens (tertiary/aromatic N) is 1. The van der Waals surface area contributed by atoms with Gasteiger partial charge in [0.25, 0.3) is 0 Å². The lowest BCUT2D eigenvalue weighted by molar-refractivity contribution is -0.286. The van der Waals surface area contributed by atoms with E-state index in [0.29, 0.717) is 0 Å². The number of para-hydroxylation sites is 1. The number of halogens is 2. The molecule has 1 aromatic rings. The average molecular weight is 207 g/mol. The number of fused-ring (bicyclic) bond motifs is 1. The first-order chi connectivity index (χ1) is 7.12. The van der Waals surface area contributed by atoms with Gasteiger partial charge >= 0.3 is 6.29 Å². The normalized spacial score (nSPS) is 15.0. The van der Waals surface area contributed by atoms with Gasteiger partial charge in [0.1, 0.15) is 0 Å². The van der Waals surface area contributed by atoms with Crippen molar-refractivity contribution in [3.8, 4) is 29.4 Å². The molecular weight excluding hydrogens is 204 g/mol. The predicted octanol–water partition coefficient (Wildman–Crippen LogP) is 1.88. The summed E-state index contributed by atoms with van der Waals surface area (Å²) in [7, 11) is 0. The van der Waals surface area contributed by atoms with E-state index in [1.807, 2.05) is 0 Å². The topological polar surface area (TPSA) is 42.2 Å². The smallest absolute Gasteiger partial charge is 0.395 e. The zero-order valence-electron chi connectivity index (χ0n) is 7.25. The molecule has 0 fully saturated rings. The fourth-order valence-electron chi connectivity index (χ4n) is 1.16. The van der Waals surface area contributed by atoms with Crippen LogP contribution in [-0.4, -0.2) is 6.29 Å². The molecule has 0 aliphatic carbocycles. The highest BCUT2D eigenvalue weighted by molar-refractivity contribution is 5.56. The van der Waals surface area contributed by atoms with Crippen LogP contribution in [0.4, 0.5) is 8.78 Å². The summed E-state index contributed by atoms with van der Waals surface area (Å²) in [6, 6.07) is 5.88. The second-order valence-electron chi connectivity index (χ2n) is 2.66. The second-order valence-corrected chi connectivity index (χ2v) is 2.66. The van der Waals surface area contributed by atoms with Gasteiger partial charge < -0.3 is 9.47 Å². The molecule has 0 aromatic heterocycles. The zero-order chi connectivity index (χ0) is 10.9. The lowest BCUT2D eigenvalue weighted by atomic mass is 10.2. The van der Waals surface area contributed by atoms with E-state index < -0.39 is 6.29 Å². The van der Waals surface area contributed by atoms with Crippen molar-refractivity contribution < 1.29 is 18.3 Å². The van der Waals surface area contributed by atoms with E-state index in [1.54, 1.807) is 6.07 Å². The van der Waals surface area contributed by atoms with Crippen molar-refractivity contribution in [1.82, 2.24) is 0 Å². The van der Waals surface area contributed by atoms with Gasteiger partial charge in [-0.05, 0) is 18.1 Å². The van der Waals surface area contributed by atoms with Crippen molar-refractivity contribution in [2.24, 2.45) is 0 Å². The van der Waals surface area contributed by atoms with E-state index >= 15 is 0 Å². The molecule has 3 nitrogen and oxygen atoms in total. The van der Waals surface area contributed by atoms with E-state index in [-0.39, 0.29) is 17.1 Å². The summed E-state index contributed by atoms with van der Waals surface area (Å²) in [5.74, 6) is 4.27. The summed E-state index contributed by atoms with van der Waals surface area (Å²) in [6.07, 6.45) is -3.66. The Morgan fingerprint density at radius 2 is 2.07 bits per heavy atom. The maximum absolute atomic E-state index is 12.7. The first-order valence-electron chi connectivity index (χ1n) is 3.91. The minimum Gasteiger partial charge on any atom is -0.395 e. The lowest BCUT2D eigenvalue weighted by Crippen LogP contribution is -2.26. The third-order valence-corrected chi connectivity index (χ3v) is 1.68. The van der Waals surface area contributed by atoms with Gasteiger partial charge in [0.05, 0.1) is 5.56 Å². The van der Waals surface area contributed by atoms with Gasteiger partial charge in [0.15, 0.2) is 17.6 Å². The average Bonchev–Trinajstić information content (AvgIpc) is 2.49. The first kappa shape index (κ1) is 9.29. The lowest BCUT2D eigenvalue weighted by Gasteiger charge is -2.04. The molecule has 0 N–H and O–H groups in total. The molecule has 74 valence electrons. The number of rotatable bonds is 0. The van der Waals surface area contributed by atoms with Crippen LogP contribution in [0.2, 0.25) is 0 Å². The largest absolute Gasteiger partial charge is 0.586 e. The van der Waals surface area contributed by atoms with E-state index in [4.69, 9.17) is 5.26 Å². The molecule has 0 atom stereocenters. The second kappa shape index (κ2) is 3.14. The van der Waals surface area contributed by atoms with Gasteiger partial charge in [0, 0.05) is 5.92 Å². The van der Waals surface area contributed by atoms with Crippen LogP contribution >= 0.6 is 0 Å². The Labute approximate surface area is 83.8 Å². The van der Waals surface area contributed by atoms with Gasteiger partial charge in [-0.25, -0.2) is 0 Å². The fourth-order valence-corrected chi connectivity index (χ4v) is 1.16. The van der Waals surface area contributed by atoms with Crippen LogP contribution in [0.25, 0.3) is 0 Å². The predicted molar refractivity (Wildman–Crippen MR) is 45.1 cm³/mol. The third kappa shape index (κ3) is 1.68. The van der Waals surface area contributed by atoms with Crippen LogP contribution in [-0.2, 0) is 0 Å². The van der Waals surface area contributed by atoms with Crippen LogP contribution < -0.4 is 9.47 Å². The molecule has 1 aromatic carbocycles. The molecule has 0 saturated carbocycles. The van der Waals surface area contributed by atoms with Crippen molar-refractivity contribution in [2.75, 3.05) is 0 Å². The molecule has 0 bridgehead atoms. The Bertz CT molecular complexity index is 508. The Balaban J connectivity index is 2.47. The van der Waals surface area contributed by atoms with E-state index in [0.717, 1.165) is 0 Å². The highest BCUT2D eigenvalue weighted by atomic mass is 19.3. The molecule has 0 spiro atoms. The quantitative estimate of drug-likeness (QED) is 0.610. The summed E-state index contributed by atoms with van der Waals surface area (Å²) < 4.78 is 33.8. The van der Waals surface area contributed by atoms with Crippen LogP contribution in [0.3, 0.4) is 0 Å². The highest BCUT2D eigenvalue weighted by Crippen LogP contribution is 2.42. The Hall–Kier alpha value is -2.27. The number of nitriles is 1. The molecule has 0 unspecified atom stereocenters. The third-order valence-electron chi connectivity index (χ3n) is 1.68. The highest BCUT2D eigenvalue weighted by Gasteiger charge is 2.44. The Morgan fingerprint density at radius 3 is 2.80 bits per heavy atom. The molecule has 0 radical (unpaired) electrons. The maximum Gasteiger partial charge on any atom is 0.586 e. The molecule has 1 heterocycles. The standard InChI is InChI=1S/C10H3F2NO2/c11-10(12)14-8-5-1-3-7(4-2-6-13)9(8)15-10/h1,3,5H. The minimum atomic E-state index is -3.66. The molecule has 5 heteroatoms. The molecule has 0 saturated heterocycles. The number of ether oxygens (including phenoxy) is 2. The maximum atomic E-state index is 12.7. The summed E-state index contributed by atoms with van der Waals surface area (Å²) >= 11 is 0. The number of alkyl halides is 2. The zero-order valence-corrected chi connectivity index (χ0v) is 7.25. The Morgan fingerprint density at radius 1 is 1.27 bits per heavy atom. The van der Waals surface area contributed by atoms with Crippen LogP contribution in [0.1, 0.15) is 5.56 Å². The molecule has 1 aliphatic rings. The minimum absolute atomic E-state index is 0.0789. The number of benzene rings is 1. The summed E-state index contributed by atoms with van der Waals surface area (Å²) in [6.45, 7) is 0. The van der Waals surface area contributed by atoms with Crippen molar-refractivity contribution in [3.63, 3.8) is 0 Å². The summed E-state index contributed by atoms with van der Waals surface area (Å²) in [5, 5.41) is 8.23. The summed E-state index contributed by atoms with van der Waals surface area (Å²) in [4.78, 5) is 0. The van der Waals surface area contributed by atoms with Crippen LogP contribution in [0, 0.1) is 23.2 Å². The van der Waals surface area contributed by atoms with E-state index in [2.05, 4.69) is 21.3 Å². The van der Waals surface area contributed by atoms with Gasteiger partial charge in [-0.15, -0.1) is 8.78 Å². The number of hydrogen-bond acceptors (Lipinski definition) is 3. The van der Waals surface area contributed by atoms with Crippen LogP contribution in [0.5, 0.6) is 11.5 Å². The fraction of sp³-hybridized carbons (Fsp3) is 0.100. The van der Waals surface area contributed by atoms with Crippen molar-refractivity contribution in [2.45, 2.75) is 6.29 Å². The van der Waals surface area contributed by atoms with Gasteiger partial charge in [-0.3, -0.25) is 0 Å². The van der Waals surface area contributed by atoms with Gasteiger partial charge in [-0.1, -0.05) is 6.07 Å². The van der Waals surface area contributed by atoms with Crippen molar-refractivity contribution >= 4 is 0 Å². The number of hydrogen-bond donors (Lipinski definition) is 0. The molecule has 0 amide bonds. The molecular formula is C10H3F2NO2. The first-order valence-corrected chi connectivity index (χ1v) is 3.91. The Kier molecular flexibility index (Phi) is 1.95. The van der Waals surface area contributed by atoms with E-state index in [9.17, 15) is 8.78 Å². The van der Waals surface area contributed by atoms with Gasteiger partial charge in [0.2, 0.25) is 0 Å². The van der Waals surface area contributed by atoms with Crippen LogP contribution in [0.15, 0.2) is 18.2 Å². The van der Waals surface area contributed by atoms with Crippen molar-refractivity contribution in [1.29, 1.82) is 5.26 Å². The van der Waals surface area contributed by atoms with Gasteiger partial charge in [-0.2, -0.15) is 5.26 Å². The molecule has 15 heavy (non-hydrogen) atoms. The summed E-state index contributed by atoms with van der Waals surface area (Å²) in [5.41, 5.74) is 0.200. The SMILES string of the molecule is N#CC#Cc1cccc2c1OC(F)(F)O2. The molecule has 2 rings (SSSR count). The van der Waals surface area contributed by atoms with Crippen molar-refractivity contribution in [3.05, 3.63) is 23.8 Å². The molecule has 1 aliphatic heterocycles. The monoisotopic (exact) mass is 207 g/mol.